The smallest absolute Gasteiger partial charge is 0.200 e. The van der Waals surface area contributed by atoms with Crippen LogP contribution in [0, 0.1) is 227 Å². The highest BCUT2D eigenvalue weighted by Crippen LogP contribution is 2.53. The van der Waals surface area contributed by atoms with E-state index < -0.39 is 345 Å². The van der Waals surface area contributed by atoms with E-state index in [0.29, 0.717) is 5.73 Å². The second-order valence-corrected chi connectivity index (χ2v) is 20.0. The van der Waals surface area contributed by atoms with Gasteiger partial charge in [-0.25, -0.2) is 176 Å². The number of benzene rings is 9. The average Bonchev–Trinajstić information content (AvgIpc) is 1.01. The van der Waals surface area contributed by atoms with Crippen LogP contribution in [0.25, 0.3) is 83.5 Å². The van der Waals surface area contributed by atoms with Crippen molar-refractivity contribution >= 4 is 16.7 Å². The van der Waals surface area contributed by atoms with Gasteiger partial charge < -0.3 is 0 Å². The van der Waals surface area contributed by atoms with Gasteiger partial charge in [0.2, 0.25) is 23.3 Å². The summed E-state index contributed by atoms with van der Waals surface area (Å²) in [6.45, 7) is 0. The lowest BCUT2D eigenvalue weighted by Crippen LogP contribution is -2.14. The number of allylic oxidation sites excluding steroid dienone is 5. The molecule has 0 heterocycles. The zero-order valence-corrected chi connectivity index (χ0v) is 46.1. The first-order valence-corrected chi connectivity index (χ1v) is 25.3. The Labute approximate surface area is 529 Å². The predicted molar refractivity (Wildman–Crippen MR) is 258 cm³/mol. The minimum Gasteiger partial charge on any atom is -0.205 e. The Hall–Kier alpha value is -10.9. The summed E-state index contributed by atoms with van der Waals surface area (Å²) in [4.78, 5) is 0. The van der Waals surface area contributed by atoms with E-state index in [9.17, 15) is 61.5 Å². The number of halogens is 41. The molecule has 9 aromatic carbocycles. The summed E-state index contributed by atoms with van der Waals surface area (Å²) in [5.74, 6) is -148. The lowest BCUT2D eigenvalue weighted by molar-refractivity contribution is 0.379. The molecule has 0 fully saturated rings. The van der Waals surface area contributed by atoms with Crippen molar-refractivity contribution in [2.45, 2.75) is 0 Å². The average molecular weight is 1510 g/mol. The van der Waals surface area contributed by atoms with Crippen molar-refractivity contribution in [2.24, 2.45) is 0 Å². The maximum absolute atomic E-state index is 17.8. The first-order valence-electron chi connectivity index (χ1n) is 25.3. The molecule has 0 N–H and O–H groups in total. The van der Waals surface area contributed by atoms with Crippen LogP contribution in [0.2, 0.25) is 0 Å². The van der Waals surface area contributed by atoms with Gasteiger partial charge in [0.25, 0.3) is 0 Å². The molecule has 0 bridgehead atoms. The highest BCUT2D eigenvalue weighted by atomic mass is 19.2. The van der Waals surface area contributed by atoms with E-state index in [1.54, 1.807) is 0 Å². The van der Waals surface area contributed by atoms with Crippen LogP contribution in [0.15, 0.2) is 23.5 Å². The third-order valence-electron chi connectivity index (χ3n) is 14.7. The molecular formula is C61HF41. The van der Waals surface area contributed by atoms with E-state index in [-0.39, 0.29) is 0 Å². The topological polar surface area (TPSA) is 0 Å². The molecule has 0 aliphatic heterocycles. The highest BCUT2D eigenvalue weighted by Gasteiger charge is 2.45. The Bertz CT molecular complexity index is 5160. The molecule has 0 aromatic heterocycles. The second kappa shape index (κ2) is 25.3. The largest absolute Gasteiger partial charge is 0.205 e. The van der Waals surface area contributed by atoms with Gasteiger partial charge in [-0.05, 0) is 6.08 Å². The molecule has 0 unspecified atom stereocenters. The van der Waals surface area contributed by atoms with Gasteiger partial charge in [-0.3, -0.25) is 0 Å². The first kappa shape index (κ1) is 73.8. The van der Waals surface area contributed by atoms with Gasteiger partial charge in [-0.2, -0.15) is 4.39 Å². The Morgan fingerprint density at radius 3 is 0.471 bits per heavy atom. The van der Waals surface area contributed by atoms with Crippen molar-refractivity contribution in [3.05, 3.63) is 267 Å². The SMILES string of the molecule is FC1=C=C(c2c(F)c(F)c(-c3c(F)c(F)c(F)c(F)c3F)c(F)c2F)C(F)=C(c2c(F)c(F)c(-c3c(F)c(F)c(F)c(F)c3F)c(F)c2F)C=C1c1c(F)c(-c2c(F)c(F)c(-c3c(F)c(F)c(F)c(F)c3F)c(F)c2F)c(F)c(-c2c(F)c(F)c(-c3c(F)c(F)c(F)c(F)c3F)c(F)c2F)c1F. The molecule has 0 saturated carbocycles. The van der Waals surface area contributed by atoms with Crippen LogP contribution >= 0.6 is 0 Å². The van der Waals surface area contributed by atoms with Gasteiger partial charge in [0, 0.05) is 11.1 Å². The van der Waals surface area contributed by atoms with Crippen LogP contribution in [0.1, 0.15) is 16.7 Å². The monoisotopic (exact) mass is 1510 g/mol. The molecule has 102 heavy (non-hydrogen) atoms. The van der Waals surface area contributed by atoms with Gasteiger partial charge in [0.1, 0.15) is 23.3 Å². The molecular weight excluding hydrogens is 1510 g/mol. The molecule has 532 valence electrons. The molecule has 1 aliphatic carbocycles. The molecule has 41 heteroatoms. The third kappa shape index (κ3) is 10.1. The zero-order valence-electron chi connectivity index (χ0n) is 46.1. The normalized spacial score (nSPS) is 12.7. The van der Waals surface area contributed by atoms with Gasteiger partial charge in [-0.1, -0.05) is 5.73 Å². The fraction of sp³-hybridized carbons (Fsp3) is 0. The molecule has 0 amide bonds. The fourth-order valence-electron chi connectivity index (χ4n) is 10.1. The molecule has 9 aromatic rings. The second-order valence-electron chi connectivity index (χ2n) is 20.0. The van der Waals surface area contributed by atoms with Crippen molar-refractivity contribution in [3.63, 3.8) is 0 Å². The van der Waals surface area contributed by atoms with Crippen LogP contribution in [-0.2, 0) is 0 Å². The minimum atomic E-state index is -4.03. The highest BCUT2D eigenvalue weighted by molar-refractivity contribution is 6.01. The number of rotatable bonds is 9. The molecule has 0 nitrogen and oxygen atoms in total. The summed E-state index contributed by atoms with van der Waals surface area (Å²) in [6.07, 6.45) is -1.51. The standard InChI is InChI=1S/C61HF41/c62-6-2-5(9-28(69)32(73)15(33(74)29(9)70)19-44(85)52(93)59(100)53(94)45(19)86)22(63)4(8-26(67)30(71)14(31(72)27(8)68)18-42(83)50(91)58(99)51(92)43(18)84)1-3(6)7-23(64)10(12-34(75)38(79)16(39(80)35(12)76)20-46(87)54(95)60(101)55(96)47(20)88)25(66)11(24(7)65)13-36(77)40(81)17(41(82)37(13)78)21-48(89)56(97)61(102)57(98)49(21)90/h1H. The molecule has 0 atom stereocenters. The van der Waals surface area contributed by atoms with Crippen molar-refractivity contribution in [1.82, 2.24) is 0 Å². The Morgan fingerprint density at radius 1 is 0.137 bits per heavy atom. The molecule has 0 saturated heterocycles. The van der Waals surface area contributed by atoms with Crippen LogP contribution in [0.5, 0.6) is 0 Å². The maximum atomic E-state index is 17.8. The molecule has 1 aliphatic rings. The predicted octanol–water partition coefficient (Wildman–Crippen LogP) is 22.4. The lowest BCUT2D eigenvalue weighted by atomic mass is 9.87. The summed E-state index contributed by atoms with van der Waals surface area (Å²) < 4.78 is 641. The van der Waals surface area contributed by atoms with Gasteiger partial charge in [0.05, 0.1) is 89.0 Å². The van der Waals surface area contributed by atoms with Crippen LogP contribution in [0.4, 0.5) is 180 Å². The van der Waals surface area contributed by atoms with E-state index in [1.807, 2.05) is 0 Å². The minimum absolute atomic E-state index is 0.346. The molecule has 10 rings (SSSR count). The summed E-state index contributed by atoms with van der Waals surface area (Å²) in [5.41, 5.74) is -60.7. The van der Waals surface area contributed by atoms with Gasteiger partial charge in [-0.15, -0.1) is 0 Å². The Kier molecular flexibility index (Phi) is 18.3. The molecule has 0 spiro atoms. The van der Waals surface area contributed by atoms with Crippen LogP contribution in [-0.4, -0.2) is 0 Å². The number of hydrogen-bond acceptors (Lipinski definition) is 0. The summed E-state index contributed by atoms with van der Waals surface area (Å²) in [6, 6.07) is 0. The zero-order chi connectivity index (χ0) is 76.5. The van der Waals surface area contributed by atoms with Crippen LogP contribution < -0.4 is 0 Å². The van der Waals surface area contributed by atoms with Crippen molar-refractivity contribution in [1.29, 1.82) is 0 Å². The maximum Gasteiger partial charge on any atom is 0.200 e. The summed E-state index contributed by atoms with van der Waals surface area (Å²) >= 11 is 0. The molecule has 0 radical (unpaired) electrons. The fourth-order valence-corrected chi connectivity index (χ4v) is 10.1. The summed E-state index contributed by atoms with van der Waals surface area (Å²) in [5, 5.41) is 0. The van der Waals surface area contributed by atoms with Crippen molar-refractivity contribution in [3.8, 4) is 66.8 Å². The van der Waals surface area contributed by atoms with E-state index in [4.69, 9.17) is 0 Å². The lowest BCUT2D eigenvalue weighted by Gasteiger charge is -2.21. The summed E-state index contributed by atoms with van der Waals surface area (Å²) in [7, 11) is 0. The number of hydrogen-bond donors (Lipinski definition) is 0. The van der Waals surface area contributed by atoms with E-state index in [0.717, 1.165) is 0 Å². The quantitative estimate of drug-likeness (QED) is 0.0585. The Balaban J connectivity index is 1.43. The van der Waals surface area contributed by atoms with E-state index >= 15 is 119 Å². The van der Waals surface area contributed by atoms with Crippen molar-refractivity contribution < 1.29 is 180 Å². The third-order valence-corrected chi connectivity index (χ3v) is 14.7. The van der Waals surface area contributed by atoms with E-state index in [1.165, 1.54) is 0 Å². The van der Waals surface area contributed by atoms with Crippen LogP contribution in [0.3, 0.4) is 0 Å². The Morgan fingerprint density at radius 2 is 0.275 bits per heavy atom. The van der Waals surface area contributed by atoms with Gasteiger partial charge >= 0.3 is 0 Å². The van der Waals surface area contributed by atoms with E-state index in [2.05, 4.69) is 0 Å². The first-order chi connectivity index (χ1) is 47.3. The van der Waals surface area contributed by atoms with Gasteiger partial charge in [0.15, 0.2) is 192 Å². The van der Waals surface area contributed by atoms with Crippen molar-refractivity contribution in [2.75, 3.05) is 0 Å².